The molecule has 5 nitrogen and oxygen atoms in total. The highest BCUT2D eigenvalue weighted by molar-refractivity contribution is 5.41. The maximum absolute atomic E-state index is 10.5. The van der Waals surface area contributed by atoms with Crippen LogP contribution in [0.5, 0.6) is 11.5 Å². The van der Waals surface area contributed by atoms with E-state index in [1.165, 1.54) is 0 Å². The van der Waals surface area contributed by atoms with Crippen molar-refractivity contribution in [3.8, 4) is 11.5 Å². The fraction of sp³-hybridized carbons (Fsp3) is 0.400. The van der Waals surface area contributed by atoms with Crippen LogP contribution < -0.4 is 10.1 Å². The molecule has 1 atom stereocenters. The van der Waals surface area contributed by atoms with Gasteiger partial charge in [-0.15, -0.1) is 0 Å². The number of benzene rings is 2. The molecule has 0 radical (unpaired) electrons. The van der Waals surface area contributed by atoms with Crippen LogP contribution in [0.2, 0.25) is 0 Å². The van der Waals surface area contributed by atoms with Gasteiger partial charge in [-0.25, -0.2) is 0 Å². The predicted molar refractivity (Wildman–Crippen MR) is 97.8 cm³/mol. The molecule has 3 rings (SSSR count). The smallest absolute Gasteiger partial charge is 0.124 e. The number of ether oxygens (including phenoxy) is 1. The molecule has 0 aliphatic carbocycles. The van der Waals surface area contributed by atoms with E-state index in [4.69, 9.17) is 4.74 Å². The van der Waals surface area contributed by atoms with Gasteiger partial charge in [0.2, 0.25) is 0 Å². The van der Waals surface area contributed by atoms with Crippen molar-refractivity contribution in [2.24, 2.45) is 0 Å². The Morgan fingerprint density at radius 3 is 2.52 bits per heavy atom. The molecule has 0 amide bonds. The molecule has 5 heteroatoms. The Morgan fingerprint density at radius 2 is 1.84 bits per heavy atom. The molecule has 2 aromatic rings. The van der Waals surface area contributed by atoms with Crippen molar-refractivity contribution in [1.82, 2.24) is 10.2 Å². The number of rotatable bonds is 7. The minimum absolute atomic E-state index is 0.0234. The average molecular weight is 342 g/mol. The predicted octanol–water partition coefficient (Wildman–Crippen LogP) is 2.30. The fourth-order valence-corrected chi connectivity index (χ4v) is 3.29. The van der Waals surface area contributed by atoms with E-state index < -0.39 is 0 Å². The highest BCUT2D eigenvalue weighted by Crippen LogP contribution is 2.34. The fourth-order valence-electron chi connectivity index (χ4n) is 3.29. The maximum Gasteiger partial charge on any atom is 0.124 e. The molecule has 0 spiro atoms. The molecular formula is C20H26N2O3. The molecule has 1 saturated heterocycles. The largest absolute Gasteiger partial charge is 0.507 e. The quantitative estimate of drug-likeness (QED) is 0.721. The minimum Gasteiger partial charge on any atom is -0.507 e. The molecule has 25 heavy (non-hydrogen) atoms. The first kappa shape index (κ1) is 17.7. The van der Waals surface area contributed by atoms with Crippen LogP contribution >= 0.6 is 0 Å². The zero-order valence-electron chi connectivity index (χ0n) is 14.4. The van der Waals surface area contributed by atoms with E-state index >= 15 is 0 Å². The van der Waals surface area contributed by atoms with Gasteiger partial charge in [-0.1, -0.05) is 36.4 Å². The van der Waals surface area contributed by atoms with Crippen LogP contribution in [-0.2, 0) is 6.61 Å². The van der Waals surface area contributed by atoms with Gasteiger partial charge in [-0.05, 0) is 18.1 Å². The second kappa shape index (κ2) is 8.85. The first-order valence-electron chi connectivity index (χ1n) is 8.83. The van der Waals surface area contributed by atoms with Gasteiger partial charge in [-0.2, -0.15) is 0 Å². The summed E-state index contributed by atoms with van der Waals surface area (Å²) < 4.78 is 5.78. The number of nitrogens with one attached hydrogen (secondary N) is 1. The van der Waals surface area contributed by atoms with Crippen LogP contribution in [0.25, 0.3) is 0 Å². The van der Waals surface area contributed by atoms with E-state index in [1.807, 2.05) is 42.5 Å². The number of hydrogen-bond donors (Lipinski definition) is 3. The number of hydrogen-bond acceptors (Lipinski definition) is 5. The molecule has 0 bridgehead atoms. The summed E-state index contributed by atoms with van der Waals surface area (Å²) in [6.45, 7) is 4.26. The molecule has 1 heterocycles. The van der Waals surface area contributed by atoms with Gasteiger partial charge in [-0.3, -0.25) is 4.90 Å². The van der Waals surface area contributed by atoms with E-state index in [1.54, 1.807) is 6.07 Å². The SMILES string of the molecule is OCC[C@H](c1ccc(OCc2ccccc2)cc1O)N1CCNCC1. The van der Waals surface area contributed by atoms with Gasteiger partial charge >= 0.3 is 0 Å². The number of phenolic OH excluding ortho intramolecular Hbond substituents is 1. The van der Waals surface area contributed by atoms with Crippen LogP contribution in [0.1, 0.15) is 23.6 Å². The maximum atomic E-state index is 10.5. The highest BCUT2D eigenvalue weighted by atomic mass is 16.5. The number of aliphatic hydroxyl groups excluding tert-OH is 1. The second-order valence-corrected chi connectivity index (χ2v) is 6.31. The third-order valence-corrected chi connectivity index (χ3v) is 4.60. The Hall–Kier alpha value is -2.08. The van der Waals surface area contributed by atoms with Crippen molar-refractivity contribution < 1.29 is 14.9 Å². The van der Waals surface area contributed by atoms with Crippen LogP contribution in [-0.4, -0.2) is 47.9 Å². The van der Waals surface area contributed by atoms with Crippen LogP contribution in [0.3, 0.4) is 0 Å². The second-order valence-electron chi connectivity index (χ2n) is 6.31. The summed E-state index contributed by atoms with van der Waals surface area (Å²) in [7, 11) is 0. The summed E-state index contributed by atoms with van der Waals surface area (Å²) in [6, 6.07) is 15.5. The number of aromatic hydroxyl groups is 1. The zero-order valence-corrected chi connectivity index (χ0v) is 14.4. The summed E-state index contributed by atoms with van der Waals surface area (Å²) >= 11 is 0. The van der Waals surface area contributed by atoms with E-state index in [0.717, 1.165) is 37.3 Å². The monoisotopic (exact) mass is 342 g/mol. The van der Waals surface area contributed by atoms with E-state index in [2.05, 4.69) is 10.2 Å². The lowest BCUT2D eigenvalue weighted by Gasteiger charge is -2.35. The van der Waals surface area contributed by atoms with Crippen molar-refractivity contribution in [3.05, 3.63) is 59.7 Å². The Labute approximate surface area is 148 Å². The van der Waals surface area contributed by atoms with Crippen molar-refractivity contribution in [2.45, 2.75) is 19.1 Å². The average Bonchev–Trinajstić information content (AvgIpc) is 2.66. The van der Waals surface area contributed by atoms with Gasteiger partial charge < -0.3 is 20.3 Å². The summed E-state index contributed by atoms with van der Waals surface area (Å²) in [6.07, 6.45) is 0.609. The van der Waals surface area contributed by atoms with Gasteiger partial charge in [0.05, 0.1) is 0 Å². The third-order valence-electron chi connectivity index (χ3n) is 4.60. The molecule has 1 fully saturated rings. The molecule has 0 saturated carbocycles. The summed E-state index contributed by atoms with van der Waals surface area (Å²) in [5.41, 5.74) is 1.94. The normalized spacial score (nSPS) is 16.5. The lowest BCUT2D eigenvalue weighted by atomic mass is 10.00. The third kappa shape index (κ3) is 4.72. The van der Waals surface area contributed by atoms with Crippen molar-refractivity contribution in [1.29, 1.82) is 0 Å². The Balaban J connectivity index is 1.70. The van der Waals surface area contributed by atoms with E-state index in [0.29, 0.717) is 18.8 Å². The van der Waals surface area contributed by atoms with Crippen LogP contribution in [0.4, 0.5) is 0 Å². The van der Waals surface area contributed by atoms with Gasteiger partial charge in [0.15, 0.2) is 0 Å². The molecule has 134 valence electrons. The van der Waals surface area contributed by atoms with Gasteiger partial charge in [0.25, 0.3) is 0 Å². The number of phenols is 1. The first-order valence-corrected chi connectivity index (χ1v) is 8.83. The summed E-state index contributed by atoms with van der Waals surface area (Å²) in [5.74, 6) is 0.871. The number of nitrogens with zero attached hydrogens (tertiary/aromatic N) is 1. The minimum atomic E-state index is 0.0234. The Kier molecular flexibility index (Phi) is 6.28. The Bertz CT molecular complexity index is 657. The van der Waals surface area contributed by atoms with Crippen LogP contribution in [0, 0.1) is 0 Å². The highest BCUT2D eigenvalue weighted by Gasteiger charge is 2.24. The lowest BCUT2D eigenvalue weighted by Crippen LogP contribution is -2.45. The van der Waals surface area contributed by atoms with Crippen molar-refractivity contribution in [2.75, 3.05) is 32.8 Å². The molecule has 1 aliphatic heterocycles. The molecule has 1 aliphatic rings. The first-order chi connectivity index (χ1) is 12.3. The summed E-state index contributed by atoms with van der Waals surface area (Å²) in [5, 5.41) is 23.3. The molecule has 0 unspecified atom stereocenters. The topological polar surface area (TPSA) is 65.0 Å². The van der Waals surface area contributed by atoms with Gasteiger partial charge in [0.1, 0.15) is 18.1 Å². The molecular weight excluding hydrogens is 316 g/mol. The number of piperazine rings is 1. The van der Waals surface area contributed by atoms with Gasteiger partial charge in [0, 0.05) is 50.5 Å². The van der Waals surface area contributed by atoms with Crippen molar-refractivity contribution in [3.63, 3.8) is 0 Å². The van der Waals surface area contributed by atoms with E-state index in [9.17, 15) is 10.2 Å². The number of aliphatic hydroxyl groups is 1. The van der Waals surface area contributed by atoms with Crippen molar-refractivity contribution >= 4 is 0 Å². The van der Waals surface area contributed by atoms with E-state index in [-0.39, 0.29) is 18.4 Å². The standard InChI is InChI=1S/C20H26N2O3/c23-13-8-19(22-11-9-21-10-12-22)18-7-6-17(14-20(18)24)25-15-16-4-2-1-3-5-16/h1-7,14,19,21,23-24H,8-13,15H2/t19-/m1/s1. The molecule has 3 N–H and O–H groups in total. The summed E-state index contributed by atoms with van der Waals surface area (Å²) in [4.78, 5) is 2.31. The molecule has 0 aromatic heterocycles. The molecule has 2 aromatic carbocycles. The lowest BCUT2D eigenvalue weighted by molar-refractivity contribution is 0.139. The Morgan fingerprint density at radius 1 is 1.08 bits per heavy atom. The zero-order chi connectivity index (χ0) is 17.5. The van der Waals surface area contributed by atoms with Crippen LogP contribution in [0.15, 0.2) is 48.5 Å².